The lowest BCUT2D eigenvalue weighted by Crippen LogP contribution is -2.53. The predicted molar refractivity (Wildman–Crippen MR) is 153 cm³/mol. The van der Waals surface area contributed by atoms with Crippen LogP contribution >= 0.6 is 23.2 Å². The largest absolute Gasteiger partial charge is 0.355 e. The van der Waals surface area contributed by atoms with Crippen LogP contribution in [0.2, 0.25) is 10.0 Å². The number of amides is 2. The first-order chi connectivity index (χ1) is 18.0. The average molecular weight is 577 g/mol. The molecule has 7 nitrogen and oxygen atoms in total. The summed E-state index contributed by atoms with van der Waals surface area (Å²) in [5.41, 5.74) is 2.64. The molecule has 0 aliphatic rings. The van der Waals surface area contributed by atoms with Crippen molar-refractivity contribution in [2.45, 2.75) is 32.9 Å². The number of carbonyl (C=O) groups excluding carboxylic acids is 2. The number of sulfonamides is 1. The summed E-state index contributed by atoms with van der Waals surface area (Å²) >= 11 is 12.5. The van der Waals surface area contributed by atoms with Gasteiger partial charge in [0.05, 0.1) is 11.9 Å². The quantitative estimate of drug-likeness (QED) is 0.354. The van der Waals surface area contributed by atoms with Gasteiger partial charge in [0.15, 0.2) is 0 Å². The van der Waals surface area contributed by atoms with Gasteiger partial charge in [0, 0.05) is 29.6 Å². The lowest BCUT2D eigenvalue weighted by atomic mass is 10.0. The normalized spacial score (nSPS) is 12.0. The van der Waals surface area contributed by atoms with E-state index < -0.39 is 28.5 Å². The Morgan fingerprint density at radius 2 is 1.68 bits per heavy atom. The van der Waals surface area contributed by atoms with Gasteiger partial charge in [0.2, 0.25) is 21.8 Å². The van der Waals surface area contributed by atoms with E-state index in [1.807, 2.05) is 43.3 Å². The number of hydrogen-bond acceptors (Lipinski definition) is 4. The summed E-state index contributed by atoms with van der Waals surface area (Å²) < 4.78 is 26.6. The molecule has 0 heterocycles. The van der Waals surface area contributed by atoms with Crippen LogP contribution in [0.4, 0.5) is 5.69 Å². The molecule has 0 aliphatic heterocycles. The van der Waals surface area contributed by atoms with Crippen molar-refractivity contribution < 1.29 is 18.0 Å². The maximum atomic E-state index is 14.0. The Hall–Kier alpha value is -3.07. The number of aryl methyl sites for hydroxylation is 1. The van der Waals surface area contributed by atoms with Crippen molar-refractivity contribution in [3.63, 3.8) is 0 Å². The van der Waals surface area contributed by atoms with E-state index >= 15 is 0 Å². The van der Waals surface area contributed by atoms with Crippen molar-refractivity contribution in [2.75, 3.05) is 23.7 Å². The van der Waals surface area contributed by atoms with E-state index in [-0.39, 0.29) is 18.9 Å². The van der Waals surface area contributed by atoms with Gasteiger partial charge in [-0.3, -0.25) is 13.9 Å². The van der Waals surface area contributed by atoms with Crippen LogP contribution in [0.25, 0.3) is 0 Å². The van der Waals surface area contributed by atoms with Gasteiger partial charge >= 0.3 is 0 Å². The lowest BCUT2D eigenvalue weighted by molar-refractivity contribution is -0.140. The molecule has 0 spiro atoms. The fourth-order valence-electron chi connectivity index (χ4n) is 4.08. The maximum Gasteiger partial charge on any atom is 0.244 e. The molecule has 10 heteroatoms. The van der Waals surface area contributed by atoms with Crippen molar-refractivity contribution in [3.8, 4) is 0 Å². The summed E-state index contributed by atoms with van der Waals surface area (Å²) in [4.78, 5) is 28.7. The first-order valence-electron chi connectivity index (χ1n) is 12.1. The van der Waals surface area contributed by atoms with Gasteiger partial charge in [-0.15, -0.1) is 0 Å². The van der Waals surface area contributed by atoms with E-state index in [0.717, 1.165) is 21.7 Å². The molecule has 1 N–H and O–H groups in total. The van der Waals surface area contributed by atoms with Crippen LogP contribution in [-0.4, -0.2) is 50.5 Å². The first kappa shape index (κ1) is 29.5. The van der Waals surface area contributed by atoms with Crippen LogP contribution in [0, 0.1) is 6.92 Å². The molecule has 0 saturated carbocycles. The van der Waals surface area contributed by atoms with Gasteiger partial charge in [-0.2, -0.15) is 0 Å². The van der Waals surface area contributed by atoms with Gasteiger partial charge in [-0.25, -0.2) is 8.42 Å². The topological polar surface area (TPSA) is 86.8 Å². The summed E-state index contributed by atoms with van der Waals surface area (Å²) in [6, 6.07) is 20.2. The summed E-state index contributed by atoms with van der Waals surface area (Å²) in [6.45, 7) is 3.49. The van der Waals surface area contributed by atoms with Crippen molar-refractivity contribution in [3.05, 3.63) is 99.5 Å². The van der Waals surface area contributed by atoms with Gasteiger partial charge in [-0.05, 0) is 54.8 Å². The van der Waals surface area contributed by atoms with Crippen LogP contribution in [0.3, 0.4) is 0 Å². The zero-order valence-corrected chi connectivity index (χ0v) is 23.9. The molecule has 0 unspecified atom stereocenters. The second-order valence-corrected chi connectivity index (χ2v) is 11.7. The third-order valence-corrected chi connectivity index (χ3v) is 7.67. The van der Waals surface area contributed by atoms with E-state index in [4.69, 9.17) is 23.2 Å². The molecule has 0 fully saturated rings. The highest BCUT2D eigenvalue weighted by Crippen LogP contribution is 2.25. The fourth-order valence-corrected chi connectivity index (χ4v) is 5.39. The van der Waals surface area contributed by atoms with Crippen molar-refractivity contribution in [1.82, 2.24) is 10.2 Å². The number of rotatable bonds is 11. The Bertz CT molecular complexity index is 1380. The SMILES string of the molecule is CCNC(=O)[C@@H](Cc1ccccc1)N(Cc1ccc(Cl)cc1Cl)C(=O)CN(c1cccc(C)c1)S(C)(=O)=O. The number of nitrogens with zero attached hydrogens (tertiary/aromatic N) is 2. The highest BCUT2D eigenvalue weighted by atomic mass is 35.5. The summed E-state index contributed by atoms with van der Waals surface area (Å²) in [5, 5.41) is 3.59. The maximum absolute atomic E-state index is 14.0. The first-order valence-corrected chi connectivity index (χ1v) is 14.7. The summed E-state index contributed by atoms with van der Waals surface area (Å²) in [5.74, 6) is -0.897. The highest BCUT2D eigenvalue weighted by Gasteiger charge is 2.33. The molecular formula is C28H31Cl2N3O4S. The molecule has 0 aromatic heterocycles. The molecule has 0 aliphatic carbocycles. The molecule has 1 atom stereocenters. The van der Waals surface area contributed by atoms with Crippen molar-refractivity contribution >= 4 is 50.7 Å². The van der Waals surface area contributed by atoms with Crippen molar-refractivity contribution in [2.24, 2.45) is 0 Å². The summed E-state index contributed by atoms with van der Waals surface area (Å²) in [7, 11) is -3.82. The smallest absolute Gasteiger partial charge is 0.244 e. The molecule has 3 aromatic rings. The van der Waals surface area contributed by atoms with Crippen LogP contribution in [0.5, 0.6) is 0 Å². The number of benzene rings is 3. The Morgan fingerprint density at radius 3 is 2.29 bits per heavy atom. The zero-order valence-electron chi connectivity index (χ0n) is 21.5. The second-order valence-electron chi connectivity index (χ2n) is 8.97. The Morgan fingerprint density at radius 1 is 0.974 bits per heavy atom. The van der Waals surface area contributed by atoms with E-state index in [1.165, 1.54) is 4.90 Å². The molecular weight excluding hydrogens is 545 g/mol. The third kappa shape index (κ3) is 7.96. The number of halogens is 2. The average Bonchev–Trinajstić information content (AvgIpc) is 2.85. The Kier molecular flexibility index (Phi) is 10.2. The monoisotopic (exact) mass is 575 g/mol. The second kappa shape index (κ2) is 13.1. The highest BCUT2D eigenvalue weighted by molar-refractivity contribution is 7.92. The van der Waals surface area contributed by atoms with Crippen LogP contribution < -0.4 is 9.62 Å². The molecule has 202 valence electrons. The minimum absolute atomic E-state index is 0.0190. The Balaban J connectivity index is 2.07. The minimum Gasteiger partial charge on any atom is -0.355 e. The third-order valence-electron chi connectivity index (χ3n) is 5.95. The number of anilines is 1. The molecule has 0 saturated heterocycles. The van der Waals surface area contributed by atoms with Gasteiger partial charge in [0.1, 0.15) is 12.6 Å². The minimum atomic E-state index is -3.82. The predicted octanol–water partition coefficient (Wildman–Crippen LogP) is 4.84. The number of likely N-dealkylation sites (N-methyl/N-ethyl adjacent to an activating group) is 1. The number of nitrogens with one attached hydrogen (secondary N) is 1. The van der Waals surface area contributed by atoms with Crippen molar-refractivity contribution in [1.29, 1.82) is 0 Å². The summed E-state index contributed by atoms with van der Waals surface area (Å²) in [6.07, 6.45) is 1.28. The van der Waals surface area contributed by atoms with E-state index in [2.05, 4.69) is 5.32 Å². The number of carbonyl (C=O) groups is 2. The molecule has 0 radical (unpaired) electrons. The van der Waals surface area contributed by atoms with Crippen LogP contribution in [-0.2, 0) is 32.6 Å². The van der Waals surface area contributed by atoms with E-state index in [0.29, 0.717) is 27.8 Å². The molecule has 3 rings (SSSR count). The van der Waals surface area contributed by atoms with Crippen LogP contribution in [0.1, 0.15) is 23.6 Å². The lowest BCUT2D eigenvalue weighted by Gasteiger charge is -2.33. The molecule has 3 aromatic carbocycles. The standard InChI is InChI=1S/C28H31Cl2N3O4S/c1-4-31-28(35)26(16-21-10-6-5-7-11-21)32(18-22-13-14-23(29)17-25(22)30)27(34)19-33(38(3,36)37)24-12-8-9-20(2)15-24/h5-15,17,26H,4,16,18-19H2,1-3H3,(H,31,35)/t26-/m1/s1. The molecule has 0 bridgehead atoms. The van der Waals surface area contributed by atoms with Gasteiger partial charge in [-0.1, -0.05) is 71.7 Å². The van der Waals surface area contributed by atoms with Crippen LogP contribution in [0.15, 0.2) is 72.8 Å². The van der Waals surface area contributed by atoms with Gasteiger partial charge in [0.25, 0.3) is 0 Å². The fraction of sp³-hybridized carbons (Fsp3) is 0.286. The van der Waals surface area contributed by atoms with E-state index in [1.54, 1.807) is 43.3 Å². The van der Waals surface area contributed by atoms with E-state index in [9.17, 15) is 18.0 Å². The molecule has 2 amide bonds. The van der Waals surface area contributed by atoms with Gasteiger partial charge < -0.3 is 10.2 Å². The Labute approximate surface area is 234 Å². The number of hydrogen-bond donors (Lipinski definition) is 1. The zero-order chi connectivity index (χ0) is 27.9. The molecule has 38 heavy (non-hydrogen) atoms.